The number of rotatable bonds is 48. The first-order valence-corrected chi connectivity index (χ1v) is 28.0. The van der Waals surface area contributed by atoms with Crippen LogP contribution >= 0.6 is 0 Å². The average Bonchev–Trinajstić information content (AvgIpc) is 3.37. The Labute approximate surface area is 435 Å². The minimum absolute atomic E-state index is 0.119. The van der Waals surface area contributed by atoms with Crippen molar-refractivity contribution >= 4 is 17.9 Å². The van der Waals surface area contributed by atoms with Gasteiger partial charge in [0.2, 0.25) is 0 Å². The van der Waals surface area contributed by atoms with E-state index in [0.29, 0.717) is 12.8 Å². The SMILES string of the molecule is CC/C=C\C/C=C\C/C=C\C/C=C\C/C=C\CCCCCCCC(=O)OCC(COC(=O)CCCC/C=C\C/C=C\C/C=C\C/C=C\CC)OC(=O)CCCCCC/C=C\C/C=C\C/C=C\C/C=C\CC. The molecule has 1 unspecified atom stereocenters. The second-order valence-electron chi connectivity index (χ2n) is 17.7. The van der Waals surface area contributed by atoms with Crippen LogP contribution < -0.4 is 0 Å². The molecule has 0 heterocycles. The molecule has 1 atom stereocenters. The van der Waals surface area contributed by atoms with Crippen LogP contribution in [0.2, 0.25) is 0 Å². The Bertz CT molecular complexity index is 1640. The highest BCUT2D eigenvalue weighted by Crippen LogP contribution is 2.12. The first-order chi connectivity index (χ1) is 35.0. The predicted molar refractivity (Wildman–Crippen MR) is 306 cm³/mol. The molecule has 0 radical (unpaired) electrons. The molecule has 0 aromatic rings. The number of unbranched alkanes of at least 4 members (excludes halogenated alkanes) is 11. The summed E-state index contributed by atoms with van der Waals surface area (Å²) in [5, 5.41) is 0. The van der Waals surface area contributed by atoms with Gasteiger partial charge in [-0.15, -0.1) is 0 Å². The molecule has 0 aromatic carbocycles. The monoisotopic (exact) mass is 977 g/mol. The largest absolute Gasteiger partial charge is 0.462 e. The maximum absolute atomic E-state index is 12.8. The van der Waals surface area contributed by atoms with E-state index in [0.717, 1.165) is 167 Å². The zero-order chi connectivity index (χ0) is 51.4. The first-order valence-electron chi connectivity index (χ1n) is 28.0. The van der Waals surface area contributed by atoms with Gasteiger partial charge in [0.1, 0.15) is 13.2 Å². The van der Waals surface area contributed by atoms with Gasteiger partial charge < -0.3 is 14.2 Å². The lowest BCUT2D eigenvalue weighted by Gasteiger charge is -2.18. The van der Waals surface area contributed by atoms with Crippen LogP contribution in [0.1, 0.15) is 213 Å². The summed E-state index contributed by atoms with van der Waals surface area (Å²) in [6.45, 7) is 6.20. The topological polar surface area (TPSA) is 78.9 Å². The normalized spacial score (nSPS) is 13.3. The molecule has 6 nitrogen and oxygen atoms in total. The maximum Gasteiger partial charge on any atom is 0.306 e. The fraction of sp³-hybridized carbons (Fsp3) is 0.554. The standard InChI is InChI=1S/C65H100O6/c1-4-7-10-13-16-19-22-25-28-30-31-32-33-35-37-40-43-46-49-52-55-58-64(67)70-61-62(60-69-63(66)57-54-51-48-45-42-39-36-27-24-21-18-15-12-9-6-3)71-65(68)59-56-53-50-47-44-41-38-34-29-26-23-20-17-14-11-8-5-2/h7-12,16-21,25-29,31-32,35-38,41-42,45,62H,4-6,13-15,22-24,30,33-34,39-40,43-44,46-61H2,1-3H3/b10-7-,11-8-,12-9-,19-16-,20-17-,21-18-,28-25-,29-26-,32-31-,36-27-,37-35-,41-38-,45-42-. The van der Waals surface area contributed by atoms with Crippen LogP contribution in [-0.2, 0) is 28.6 Å². The van der Waals surface area contributed by atoms with Gasteiger partial charge in [-0.05, 0) is 141 Å². The Morgan fingerprint density at radius 1 is 0.282 bits per heavy atom. The summed E-state index contributed by atoms with van der Waals surface area (Å²) in [5.74, 6) is -1.01. The molecular weight excluding hydrogens is 877 g/mol. The number of carbonyl (C=O) groups is 3. The number of ether oxygens (including phenoxy) is 3. The van der Waals surface area contributed by atoms with E-state index in [1.54, 1.807) is 0 Å². The van der Waals surface area contributed by atoms with E-state index in [-0.39, 0.29) is 44.0 Å². The minimum Gasteiger partial charge on any atom is -0.462 e. The summed E-state index contributed by atoms with van der Waals surface area (Å²) in [4.78, 5) is 38.1. The van der Waals surface area contributed by atoms with Gasteiger partial charge in [0.15, 0.2) is 6.10 Å². The van der Waals surface area contributed by atoms with Crippen molar-refractivity contribution in [3.8, 4) is 0 Å². The Morgan fingerprint density at radius 3 is 0.817 bits per heavy atom. The van der Waals surface area contributed by atoms with Crippen LogP contribution in [-0.4, -0.2) is 37.2 Å². The molecular formula is C65H100O6. The lowest BCUT2D eigenvalue weighted by atomic mass is 10.1. The Balaban J connectivity index is 4.55. The fourth-order valence-electron chi connectivity index (χ4n) is 6.92. The first kappa shape index (κ1) is 66.0. The quantitative estimate of drug-likeness (QED) is 0.0262. The highest BCUT2D eigenvalue weighted by Gasteiger charge is 2.19. The van der Waals surface area contributed by atoms with Crippen molar-refractivity contribution in [2.45, 2.75) is 219 Å². The lowest BCUT2D eigenvalue weighted by molar-refractivity contribution is -0.167. The minimum atomic E-state index is -0.825. The van der Waals surface area contributed by atoms with Crippen molar-refractivity contribution in [1.82, 2.24) is 0 Å². The number of esters is 3. The van der Waals surface area contributed by atoms with Gasteiger partial charge in [-0.3, -0.25) is 14.4 Å². The molecule has 0 aromatic heterocycles. The molecule has 0 aliphatic heterocycles. The summed E-state index contributed by atoms with van der Waals surface area (Å²) in [6, 6.07) is 0. The van der Waals surface area contributed by atoms with Crippen LogP contribution in [0.3, 0.4) is 0 Å². The van der Waals surface area contributed by atoms with Crippen molar-refractivity contribution in [3.63, 3.8) is 0 Å². The maximum atomic E-state index is 12.8. The molecule has 0 saturated heterocycles. The second kappa shape index (κ2) is 57.6. The van der Waals surface area contributed by atoms with E-state index in [2.05, 4.69) is 179 Å². The molecule has 0 amide bonds. The highest BCUT2D eigenvalue weighted by atomic mass is 16.6. The van der Waals surface area contributed by atoms with Gasteiger partial charge in [-0.1, -0.05) is 211 Å². The van der Waals surface area contributed by atoms with Crippen molar-refractivity contribution in [3.05, 3.63) is 158 Å². The van der Waals surface area contributed by atoms with Crippen LogP contribution in [0, 0.1) is 0 Å². The van der Waals surface area contributed by atoms with Crippen LogP contribution in [0.5, 0.6) is 0 Å². The molecule has 71 heavy (non-hydrogen) atoms. The van der Waals surface area contributed by atoms with E-state index >= 15 is 0 Å². The van der Waals surface area contributed by atoms with Crippen LogP contribution in [0.4, 0.5) is 0 Å². The molecule has 0 spiro atoms. The highest BCUT2D eigenvalue weighted by molar-refractivity contribution is 5.71. The number of allylic oxidation sites excluding steroid dienone is 26. The fourth-order valence-corrected chi connectivity index (χ4v) is 6.92. The van der Waals surface area contributed by atoms with E-state index in [9.17, 15) is 14.4 Å². The number of carbonyl (C=O) groups excluding carboxylic acids is 3. The molecule has 0 bridgehead atoms. The second-order valence-corrected chi connectivity index (χ2v) is 17.7. The van der Waals surface area contributed by atoms with Crippen molar-refractivity contribution in [2.75, 3.05) is 13.2 Å². The van der Waals surface area contributed by atoms with Crippen LogP contribution in [0.25, 0.3) is 0 Å². The van der Waals surface area contributed by atoms with Crippen molar-refractivity contribution < 1.29 is 28.6 Å². The van der Waals surface area contributed by atoms with Gasteiger partial charge in [0.05, 0.1) is 0 Å². The van der Waals surface area contributed by atoms with Gasteiger partial charge in [0.25, 0.3) is 0 Å². The van der Waals surface area contributed by atoms with Crippen LogP contribution in [0.15, 0.2) is 158 Å². The van der Waals surface area contributed by atoms with E-state index < -0.39 is 6.10 Å². The van der Waals surface area contributed by atoms with Gasteiger partial charge >= 0.3 is 17.9 Å². The third-order valence-electron chi connectivity index (χ3n) is 11.0. The third-order valence-corrected chi connectivity index (χ3v) is 11.0. The summed E-state index contributed by atoms with van der Waals surface area (Å²) < 4.78 is 16.8. The molecule has 6 heteroatoms. The molecule has 396 valence electrons. The number of hydrogen-bond acceptors (Lipinski definition) is 6. The Kier molecular flexibility index (Phi) is 53.6. The summed E-state index contributed by atoms with van der Waals surface area (Å²) >= 11 is 0. The molecule has 0 saturated carbocycles. The predicted octanol–water partition coefficient (Wildman–Crippen LogP) is 19.0. The van der Waals surface area contributed by atoms with Gasteiger partial charge in [-0.2, -0.15) is 0 Å². The zero-order valence-electron chi connectivity index (χ0n) is 45.2. The van der Waals surface area contributed by atoms with Gasteiger partial charge in [-0.25, -0.2) is 0 Å². The molecule has 0 fully saturated rings. The van der Waals surface area contributed by atoms with E-state index in [1.807, 2.05) is 0 Å². The Hall–Kier alpha value is -4.97. The Morgan fingerprint density at radius 2 is 0.507 bits per heavy atom. The van der Waals surface area contributed by atoms with Crippen molar-refractivity contribution in [2.24, 2.45) is 0 Å². The molecule has 0 rings (SSSR count). The smallest absolute Gasteiger partial charge is 0.306 e. The van der Waals surface area contributed by atoms with E-state index in [4.69, 9.17) is 14.2 Å². The lowest BCUT2D eigenvalue weighted by Crippen LogP contribution is -2.30. The summed E-state index contributed by atoms with van der Waals surface area (Å²) in [6.07, 6.45) is 83.7. The van der Waals surface area contributed by atoms with Crippen molar-refractivity contribution in [1.29, 1.82) is 0 Å². The average molecular weight is 978 g/mol. The summed E-state index contributed by atoms with van der Waals surface area (Å²) in [5.41, 5.74) is 0. The third kappa shape index (κ3) is 55.8. The molecule has 0 N–H and O–H groups in total. The van der Waals surface area contributed by atoms with Gasteiger partial charge in [0, 0.05) is 19.3 Å². The summed E-state index contributed by atoms with van der Waals surface area (Å²) in [7, 11) is 0. The molecule has 0 aliphatic carbocycles. The van der Waals surface area contributed by atoms with E-state index in [1.165, 1.54) is 0 Å². The zero-order valence-corrected chi connectivity index (χ0v) is 45.2. The number of hydrogen-bond donors (Lipinski definition) is 0. The molecule has 0 aliphatic rings.